The Balaban J connectivity index is 2.22. The summed E-state index contributed by atoms with van der Waals surface area (Å²) in [4.78, 5) is 0. The smallest absolute Gasteiger partial charge is 0.0805 e. The molecule has 1 saturated heterocycles. The van der Waals surface area contributed by atoms with Gasteiger partial charge in [0, 0.05) is 21.7 Å². The fourth-order valence-corrected chi connectivity index (χ4v) is 2.74. The van der Waals surface area contributed by atoms with E-state index in [4.69, 9.17) is 10.6 Å². The second-order valence-corrected chi connectivity index (χ2v) is 4.40. The average molecular weight is 148 g/mol. The van der Waals surface area contributed by atoms with Crippen molar-refractivity contribution >= 4 is 8.07 Å². The molecule has 4 heteroatoms. The van der Waals surface area contributed by atoms with Gasteiger partial charge in [-0.15, -0.1) is 0 Å². The Morgan fingerprint density at radius 1 is 1.78 bits per heavy atom. The van der Waals surface area contributed by atoms with E-state index in [9.17, 15) is 0 Å². The van der Waals surface area contributed by atoms with Crippen molar-refractivity contribution in [1.29, 1.82) is 0 Å². The Morgan fingerprint density at radius 2 is 2.56 bits per heavy atom. The van der Waals surface area contributed by atoms with Gasteiger partial charge in [-0.25, -0.2) is 4.78 Å². The van der Waals surface area contributed by atoms with Crippen LogP contribution in [0, 0.1) is 0 Å². The second kappa shape index (κ2) is 3.47. The van der Waals surface area contributed by atoms with Crippen molar-refractivity contribution in [2.45, 2.75) is 6.42 Å². The first-order valence-corrected chi connectivity index (χ1v) is 4.77. The van der Waals surface area contributed by atoms with E-state index >= 15 is 0 Å². The number of methoxy groups -OCH3 is 1. The lowest BCUT2D eigenvalue weighted by Crippen LogP contribution is -2.22. The maximum Gasteiger partial charge on any atom is 0.0805 e. The van der Waals surface area contributed by atoms with E-state index in [0.29, 0.717) is 0 Å². The van der Waals surface area contributed by atoms with Gasteiger partial charge >= 0.3 is 0 Å². The third-order valence-electron chi connectivity index (χ3n) is 1.44. The quantitative estimate of drug-likeness (QED) is 0.459. The molecule has 1 rings (SSSR count). The minimum Gasteiger partial charge on any atom is -0.379 e. The largest absolute Gasteiger partial charge is 0.379 e. The minimum atomic E-state index is -0.118. The number of hydrogen-bond acceptors (Lipinski definition) is 3. The Labute approximate surface area is 56.9 Å². The van der Waals surface area contributed by atoms with Gasteiger partial charge in [0.1, 0.15) is 0 Å². The van der Waals surface area contributed by atoms with Gasteiger partial charge in [-0.1, -0.05) is 0 Å². The molecule has 1 atom stereocenters. The molecule has 1 fully saturated rings. The molecule has 54 valence electrons. The molecule has 0 aromatic carbocycles. The summed E-state index contributed by atoms with van der Waals surface area (Å²) in [7, 11) is 1.61. The van der Waals surface area contributed by atoms with Crippen LogP contribution in [0.1, 0.15) is 6.42 Å². The predicted molar refractivity (Wildman–Crippen MR) is 39.2 cm³/mol. The molecule has 1 aliphatic rings. The predicted octanol–water partition coefficient (Wildman–Crippen LogP) is 0.567. The highest BCUT2D eigenvalue weighted by Crippen LogP contribution is 2.42. The van der Waals surface area contributed by atoms with Crippen LogP contribution in [0.15, 0.2) is 0 Å². The minimum absolute atomic E-state index is 0.118. The molecule has 0 aromatic heterocycles. The lowest BCUT2D eigenvalue weighted by atomic mass is 10.5. The summed E-state index contributed by atoms with van der Waals surface area (Å²) in [5, 5.41) is 0. The van der Waals surface area contributed by atoms with Crippen LogP contribution >= 0.6 is 8.07 Å². The van der Waals surface area contributed by atoms with Crippen molar-refractivity contribution < 1.29 is 4.74 Å². The standard InChI is InChI=1S/C5H13N2OP/c1-8-5-9-4-2-3-7(9)6/h2-6H2,1H3. The van der Waals surface area contributed by atoms with E-state index < -0.39 is 0 Å². The van der Waals surface area contributed by atoms with Crippen molar-refractivity contribution in [3.8, 4) is 0 Å². The number of rotatable bonds is 2. The van der Waals surface area contributed by atoms with Gasteiger partial charge in [0.2, 0.25) is 0 Å². The Kier molecular flexibility index (Phi) is 2.86. The molecule has 2 N–H and O–H groups in total. The zero-order valence-electron chi connectivity index (χ0n) is 5.71. The number of hydrazine groups is 1. The van der Waals surface area contributed by atoms with Gasteiger partial charge in [0.25, 0.3) is 0 Å². The van der Waals surface area contributed by atoms with Gasteiger partial charge in [0.15, 0.2) is 0 Å². The number of hydrogen-bond donors (Lipinski definition) is 1. The molecule has 0 aromatic rings. The average Bonchev–Trinajstić information content (AvgIpc) is 2.18. The van der Waals surface area contributed by atoms with Crippen molar-refractivity contribution in [3.63, 3.8) is 0 Å². The van der Waals surface area contributed by atoms with Crippen molar-refractivity contribution in [3.05, 3.63) is 0 Å². The maximum absolute atomic E-state index is 5.65. The number of nitrogens with two attached hydrogens (primary N) is 1. The highest BCUT2D eigenvalue weighted by atomic mass is 31.1. The van der Waals surface area contributed by atoms with Crippen molar-refractivity contribution in [2.75, 3.05) is 26.2 Å². The summed E-state index contributed by atoms with van der Waals surface area (Å²) in [5.41, 5.74) is 0. The zero-order valence-corrected chi connectivity index (χ0v) is 6.60. The summed E-state index contributed by atoms with van der Waals surface area (Å²) in [6.45, 7) is 1.05. The Bertz CT molecular complexity index is 91.0. The molecule has 0 saturated carbocycles. The highest BCUT2D eigenvalue weighted by Gasteiger charge is 2.20. The monoisotopic (exact) mass is 148 g/mol. The zero-order chi connectivity index (χ0) is 6.69. The van der Waals surface area contributed by atoms with E-state index in [0.717, 1.165) is 12.9 Å². The van der Waals surface area contributed by atoms with Gasteiger partial charge in [-0.3, -0.25) is 5.84 Å². The van der Waals surface area contributed by atoms with Crippen LogP contribution in [0.25, 0.3) is 0 Å². The Hall–Kier alpha value is 0.310. The fourth-order valence-electron chi connectivity index (χ4n) is 0.973. The first-order chi connectivity index (χ1) is 4.34. The van der Waals surface area contributed by atoms with E-state index in [2.05, 4.69) is 0 Å². The topological polar surface area (TPSA) is 38.5 Å². The van der Waals surface area contributed by atoms with E-state index in [-0.39, 0.29) is 8.07 Å². The van der Waals surface area contributed by atoms with Crippen LogP contribution < -0.4 is 5.84 Å². The van der Waals surface area contributed by atoms with E-state index in [1.54, 1.807) is 7.11 Å². The second-order valence-electron chi connectivity index (χ2n) is 2.16. The summed E-state index contributed by atoms with van der Waals surface area (Å²) >= 11 is 0. The molecule has 0 spiro atoms. The molecule has 9 heavy (non-hydrogen) atoms. The summed E-state index contributed by atoms with van der Waals surface area (Å²) in [6, 6.07) is 0. The van der Waals surface area contributed by atoms with Crippen LogP contribution in [0.4, 0.5) is 0 Å². The third-order valence-corrected chi connectivity index (χ3v) is 3.76. The molecular formula is C5H13N2OP. The van der Waals surface area contributed by atoms with Crippen molar-refractivity contribution in [1.82, 2.24) is 4.78 Å². The lowest BCUT2D eigenvalue weighted by Gasteiger charge is -2.17. The van der Waals surface area contributed by atoms with Gasteiger partial charge < -0.3 is 4.74 Å². The number of ether oxygens (including phenoxy) is 1. The van der Waals surface area contributed by atoms with Crippen LogP contribution in [0.3, 0.4) is 0 Å². The molecule has 1 unspecified atom stereocenters. The molecule has 0 amide bonds. The van der Waals surface area contributed by atoms with Crippen LogP contribution in [-0.2, 0) is 4.74 Å². The fraction of sp³-hybridized carbons (Fsp3) is 1.00. The summed E-state index contributed by atoms with van der Waals surface area (Å²) < 4.78 is 6.93. The molecule has 0 aliphatic carbocycles. The van der Waals surface area contributed by atoms with Gasteiger partial charge in [-0.2, -0.15) is 0 Å². The summed E-state index contributed by atoms with van der Waals surface area (Å²) in [5.74, 6) is 5.65. The maximum atomic E-state index is 5.65. The van der Waals surface area contributed by atoms with Gasteiger partial charge in [-0.05, 0) is 12.6 Å². The normalized spacial score (nSPS) is 29.3. The highest BCUT2D eigenvalue weighted by molar-refractivity contribution is 7.55. The SMILES string of the molecule is COCP1CCCN1N. The van der Waals surface area contributed by atoms with Gasteiger partial charge in [0.05, 0.1) is 6.35 Å². The van der Waals surface area contributed by atoms with E-state index in [1.807, 2.05) is 4.78 Å². The van der Waals surface area contributed by atoms with Crippen LogP contribution in [0.2, 0.25) is 0 Å². The molecule has 0 bridgehead atoms. The van der Waals surface area contributed by atoms with Crippen molar-refractivity contribution in [2.24, 2.45) is 5.84 Å². The lowest BCUT2D eigenvalue weighted by molar-refractivity contribution is 0.250. The third kappa shape index (κ3) is 1.87. The van der Waals surface area contributed by atoms with E-state index in [1.165, 1.54) is 12.6 Å². The van der Waals surface area contributed by atoms with Crippen LogP contribution in [-0.4, -0.2) is 30.9 Å². The first kappa shape index (κ1) is 7.42. The molecule has 3 nitrogen and oxygen atoms in total. The number of nitrogens with zero attached hydrogens (tertiary/aromatic N) is 1. The first-order valence-electron chi connectivity index (χ1n) is 3.10. The molecule has 1 aliphatic heterocycles. The molecular weight excluding hydrogens is 135 g/mol. The summed E-state index contributed by atoms with van der Waals surface area (Å²) in [6.07, 6.45) is 3.33. The molecule has 0 radical (unpaired) electrons. The molecule has 1 heterocycles. The Morgan fingerprint density at radius 3 is 3.00 bits per heavy atom. The van der Waals surface area contributed by atoms with Crippen LogP contribution in [0.5, 0.6) is 0 Å².